The fraction of sp³-hybridized carbons (Fsp3) is 0.375. The van der Waals surface area contributed by atoms with Gasteiger partial charge >= 0.3 is 12.1 Å². The van der Waals surface area contributed by atoms with Crippen molar-refractivity contribution in [1.82, 2.24) is 10.3 Å². The van der Waals surface area contributed by atoms with E-state index in [1.54, 1.807) is 18.2 Å². The fourth-order valence-corrected chi connectivity index (χ4v) is 2.50. The summed E-state index contributed by atoms with van der Waals surface area (Å²) in [5.74, 6) is 6.06. The van der Waals surface area contributed by atoms with Gasteiger partial charge in [0.15, 0.2) is 0 Å². The van der Waals surface area contributed by atoms with E-state index < -0.39 is 17.7 Å². The Labute approximate surface area is 187 Å². The Morgan fingerprint density at radius 1 is 1.09 bits per heavy atom. The van der Waals surface area contributed by atoms with Gasteiger partial charge in [-0.3, -0.25) is 0 Å². The highest BCUT2D eigenvalue weighted by Crippen LogP contribution is 2.13. The average Bonchev–Trinajstić information content (AvgIpc) is 2.76. The normalized spacial score (nSPS) is 10.5. The van der Waals surface area contributed by atoms with E-state index in [4.69, 9.17) is 9.47 Å². The molecular weight excluding hydrogens is 412 g/mol. The summed E-state index contributed by atoms with van der Waals surface area (Å²) in [5.41, 5.74) is 1.21. The molecule has 170 valence electrons. The number of carbonyl (C=O) groups excluding carboxylic acids is 2. The average molecular weight is 440 g/mol. The minimum atomic E-state index is -0.592. The van der Waals surface area contributed by atoms with Crippen molar-refractivity contribution in [1.29, 1.82) is 0 Å². The van der Waals surface area contributed by atoms with E-state index in [-0.39, 0.29) is 12.3 Å². The Bertz CT molecular complexity index is 984. The molecule has 0 aliphatic carbocycles. The van der Waals surface area contributed by atoms with Crippen LogP contribution in [0, 0.1) is 11.8 Å². The zero-order valence-electron chi connectivity index (χ0n) is 18.7. The third kappa shape index (κ3) is 8.66. The summed E-state index contributed by atoms with van der Waals surface area (Å²) in [7, 11) is 1.27. The van der Waals surface area contributed by atoms with Gasteiger partial charge in [0.1, 0.15) is 17.0 Å². The highest BCUT2D eigenvalue weighted by atomic mass is 16.6. The Morgan fingerprint density at radius 3 is 2.41 bits per heavy atom. The maximum atomic E-state index is 11.7. The number of esters is 1. The van der Waals surface area contributed by atoms with Crippen molar-refractivity contribution < 1.29 is 28.9 Å². The van der Waals surface area contributed by atoms with Crippen molar-refractivity contribution in [2.24, 2.45) is 0 Å². The van der Waals surface area contributed by atoms with Crippen molar-refractivity contribution in [2.45, 2.75) is 39.4 Å². The molecule has 0 unspecified atom stereocenters. The highest BCUT2D eigenvalue weighted by molar-refractivity contribution is 5.87. The zero-order chi connectivity index (χ0) is 23.6. The molecule has 1 heterocycles. The number of alkyl carbamates (subject to hydrolysis) is 1. The Kier molecular flexibility index (Phi) is 9.05. The van der Waals surface area contributed by atoms with Gasteiger partial charge in [0.2, 0.25) is 0 Å². The van der Waals surface area contributed by atoms with Gasteiger partial charge in [-0.05, 0) is 63.6 Å². The maximum absolute atomic E-state index is 11.7. The van der Waals surface area contributed by atoms with E-state index in [0.717, 1.165) is 5.56 Å². The Balaban J connectivity index is 1.87. The number of aliphatic hydroxyl groups is 1. The topological polar surface area (TPSA) is 107 Å². The van der Waals surface area contributed by atoms with Crippen LogP contribution in [-0.2, 0) is 16.1 Å². The number of amides is 1. The molecule has 32 heavy (non-hydrogen) atoms. The lowest BCUT2D eigenvalue weighted by atomic mass is 10.1. The number of aliphatic hydroxyl groups excluding tert-OH is 1. The summed E-state index contributed by atoms with van der Waals surface area (Å²) in [5, 5.41) is 12.0. The van der Waals surface area contributed by atoms with Crippen molar-refractivity contribution >= 4 is 12.1 Å². The van der Waals surface area contributed by atoms with Crippen LogP contribution >= 0.6 is 0 Å². The molecule has 1 amide bonds. The molecule has 1 aromatic heterocycles. The minimum absolute atomic E-state index is 0.0910. The monoisotopic (exact) mass is 440 g/mol. The van der Waals surface area contributed by atoms with Gasteiger partial charge in [0.25, 0.3) is 0 Å². The van der Waals surface area contributed by atoms with E-state index in [1.165, 1.54) is 13.2 Å². The number of hydrogen-bond acceptors (Lipinski definition) is 7. The number of carbonyl (C=O) groups is 2. The van der Waals surface area contributed by atoms with Crippen LogP contribution in [0.3, 0.4) is 0 Å². The number of benzene rings is 1. The van der Waals surface area contributed by atoms with E-state index in [1.807, 2.05) is 32.9 Å². The van der Waals surface area contributed by atoms with E-state index in [9.17, 15) is 14.7 Å². The molecule has 8 nitrogen and oxygen atoms in total. The van der Waals surface area contributed by atoms with E-state index in [0.29, 0.717) is 36.6 Å². The lowest BCUT2D eigenvalue weighted by Crippen LogP contribution is -2.33. The number of hydrogen-bond donors (Lipinski definition) is 2. The van der Waals surface area contributed by atoms with Crippen LogP contribution < -0.4 is 10.1 Å². The van der Waals surface area contributed by atoms with Crippen LogP contribution in [-0.4, -0.2) is 48.0 Å². The second-order valence-electron chi connectivity index (χ2n) is 7.79. The number of ether oxygens (including phenoxy) is 3. The summed E-state index contributed by atoms with van der Waals surface area (Å²) in [6, 6.07) is 10.4. The third-order valence-corrected chi connectivity index (χ3v) is 3.90. The maximum Gasteiger partial charge on any atom is 0.407 e. The molecular formula is C24H28N2O6. The number of pyridine rings is 1. The fourth-order valence-electron chi connectivity index (χ4n) is 2.50. The van der Waals surface area contributed by atoms with Gasteiger partial charge in [0.05, 0.1) is 26.0 Å². The van der Waals surface area contributed by atoms with Crippen LogP contribution in [0.15, 0.2) is 36.4 Å². The van der Waals surface area contributed by atoms with E-state index in [2.05, 4.69) is 26.9 Å². The molecule has 0 aliphatic heterocycles. The van der Waals surface area contributed by atoms with Crippen molar-refractivity contribution in [3.8, 4) is 17.6 Å². The highest BCUT2D eigenvalue weighted by Gasteiger charge is 2.15. The number of nitrogens with one attached hydrogen (secondary N) is 1. The smallest absolute Gasteiger partial charge is 0.407 e. The van der Waals surface area contributed by atoms with Crippen LogP contribution in [0.2, 0.25) is 0 Å². The third-order valence-electron chi connectivity index (χ3n) is 3.90. The number of aromatic nitrogens is 1. The van der Waals surface area contributed by atoms with Crippen LogP contribution in [0.25, 0.3) is 0 Å². The minimum Gasteiger partial charge on any atom is -0.494 e. The molecule has 0 saturated heterocycles. The van der Waals surface area contributed by atoms with Crippen LogP contribution in [0.1, 0.15) is 54.5 Å². The zero-order valence-corrected chi connectivity index (χ0v) is 18.7. The standard InChI is InChI=1S/C24H28N2O6/c1-24(2,3)32-23(29)25-12-5-13-31-20-10-8-17(9-11-20)6-7-18-14-19(16-27)26-21(15-18)22(28)30-4/h8-11,14-15,27H,5,12-13,16H2,1-4H3,(H,25,29). The molecule has 2 rings (SSSR count). The van der Waals surface area contributed by atoms with E-state index >= 15 is 0 Å². The molecule has 0 bridgehead atoms. The summed E-state index contributed by atoms with van der Waals surface area (Å²) in [6.07, 6.45) is 0.192. The SMILES string of the molecule is COC(=O)c1cc(C#Cc2ccc(OCCCNC(=O)OC(C)(C)C)cc2)cc(CO)n1. The summed E-state index contributed by atoms with van der Waals surface area (Å²) in [6.45, 7) is 6.02. The second kappa shape index (κ2) is 11.7. The van der Waals surface area contributed by atoms with Crippen LogP contribution in [0.5, 0.6) is 5.75 Å². The Hall–Kier alpha value is -3.57. The summed E-state index contributed by atoms with van der Waals surface area (Å²) >= 11 is 0. The molecule has 1 aromatic carbocycles. The molecule has 0 radical (unpaired) electrons. The first-order valence-electron chi connectivity index (χ1n) is 10.1. The van der Waals surface area contributed by atoms with Gasteiger partial charge in [0, 0.05) is 17.7 Å². The molecule has 2 aromatic rings. The first-order chi connectivity index (χ1) is 15.2. The number of methoxy groups -OCH3 is 1. The lowest BCUT2D eigenvalue weighted by molar-refractivity contribution is 0.0524. The molecule has 0 saturated carbocycles. The van der Waals surface area contributed by atoms with Gasteiger partial charge in [-0.2, -0.15) is 0 Å². The molecule has 8 heteroatoms. The predicted molar refractivity (Wildman–Crippen MR) is 118 cm³/mol. The predicted octanol–water partition coefficient (Wildman–Crippen LogP) is 3.05. The molecule has 0 atom stereocenters. The summed E-state index contributed by atoms with van der Waals surface area (Å²) < 4.78 is 15.5. The first kappa shape index (κ1) is 24.7. The summed E-state index contributed by atoms with van der Waals surface area (Å²) in [4.78, 5) is 27.3. The lowest BCUT2D eigenvalue weighted by Gasteiger charge is -2.19. The van der Waals surface area contributed by atoms with Gasteiger partial charge < -0.3 is 24.6 Å². The van der Waals surface area contributed by atoms with Gasteiger partial charge in [-0.15, -0.1) is 0 Å². The van der Waals surface area contributed by atoms with Gasteiger partial charge in [-0.1, -0.05) is 11.8 Å². The number of rotatable bonds is 7. The van der Waals surface area contributed by atoms with Crippen LogP contribution in [0.4, 0.5) is 4.79 Å². The Morgan fingerprint density at radius 2 is 1.78 bits per heavy atom. The molecule has 0 fully saturated rings. The van der Waals surface area contributed by atoms with Crippen molar-refractivity contribution in [3.05, 3.63) is 58.9 Å². The quantitative estimate of drug-likeness (QED) is 0.387. The largest absolute Gasteiger partial charge is 0.494 e. The second-order valence-corrected chi connectivity index (χ2v) is 7.79. The van der Waals surface area contributed by atoms with Crippen molar-refractivity contribution in [2.75, 3.05) is 20.3 Å². The van der Waals surface area contributed by atoms with Crippen molar-refractivity contribution in [3.63, 3.8) is 0 Å². The molecule has 2 N–H and O–H groups in total. The molecule has 0 spiro atoms. The first-order valence-corrected chi connectivity index (χ1v) is 10.1. The van der Waals surface area contributed by atoms with Gasteiger partial charge in [-0.25, -0.2) is 14.6 Å². The number of nitrogens with zero attached hydrogens (tertiary/aromatic N) is 1. The molecule has 0 aliphatic rings.